The molecule has 1 amide bonds. The normalized spacial score (nSPS) is 11.8. The Morgan fingerprint density at radius 2 is 2.10 bits per heavy atom. The van der Waals surface area contributed by atoms with Gasteiger partial charge >= 0.3 is 5.51 Å². The summed E-state index contributed by atoms with van der Waals surface area (Å²) in [5.74, 6) is -0.898. The summed E-state index contributed by atoms with van der Waals surface area (Å²) in [7, 11) is 0. The van der Waals surface area contributed by atoms with Gasteiger partial charge in [0.05, 0.1) is 10.4 Å². The van der Waals surface area contributed by atoms with Crippen molar-refractivity contribution in [2.75, 3.05) is 0 Å². The number of alkyl halides is 3. The SMILES string of the molecule is NC(=O)c1nc2cc(SC(F)(F)F)cc([N+](=O)[O-])c2s1. The van der Waals surface area contributed by atoms with Gasteiger partial charge in [0.2, 0.25) is 0 Å². The lowest BCUT2D eigenvalue weighted by molar-refractivity contribution is -0.383. The number of thioether (sulfide) groups is 1. The van der Waals surface area contributed by atoms with Crippen LogP contribution >= 0.6 is 23.1 Å². The molecule has 1 heterocycles. The fraction of sp³-hybridized carbons (Fsp3) is 0.111. The molecular weight excluding hydrogens is 319 g/mol. The summed E-state index contributed by atoms with van der Waals surface area (Å²) in [5, 5.41) is 10.7. The van der Waals surface area contributed by atoms with Crippen LogP contribution < -0.4 is 5.73 Å². The molecule has 106 valence electrons. The third kappa shape index (κ3) is 2.99. The summed E-state index contributed by atoms with van der Waals surface area (Å²) in [6.07, 6.45) is 0. The van der Waals surface area contributed by atoms with Crippen LogP contribution in [0.1, 0.15) is 9.80 Å². The van der Waals surface area contributed by atoms with Crippen molar-refractivity contribution in [3.05, 3.63) is 27.3 Å². The average molecular weight is 323 g/mol. The van der Waals surface area contributed by atoms with Crippen molar-refractivity contribution < 1.29 is 22.9 Å². The van der Waals surface area contributed by atoms with Gasteiger partial charge in [-0.15, -0.1) is 11.3 Å². The first-order chi connectivity index (χ1) is 9.17. The molecule has 2 aromatic rings. The van der Waals surface area contributed by atoms with Crippen molar-refractivity contribution >= 4 is 44.9 Å². The Balaban J connectivity index is 2.64. The number of nitrogens with two attached hydrogens (primary N) is 1. The molecule has 6 nitrogen and oxygen atoms in total. The highest BCUT2D eigenvalue weighted by molar-refractivity contribution is 8.00. The Labute approximate surface area is 116 Å². The second-order valence-electron chi connectivity index (χ2n) is 3.48. The van der Waals surface area contributed by atoms with E-state index in [9.17, 15) is 28.1 Å². The number of carbonyl (C=O) groups excluding carboxylic acids is 1. The number of hydrogen-bond donors (Lipinski definition) is 1. The lowest BCUT2D eigenvalue weighted by Crippen LogP contribution is -2.09. The number of rotatable bonds is 3. The predicted molar refractivity (Wildman–Crippen MR) is 66.7 cm³/mol. The van der Waals surface area contributed by atoms with Gasteiger partial charge in [0.25, 0.3) is 11.6 Å². The van der Waals surface area contributed by atoms with E-state index in [1.165, 1.54) is 0 Å². The third-order valence-electron chi connectivity index (χ3n) is 2.09. The quantitative estimate of drug-likeness (QED) is 0.532. The fourth-order valence-corrected chi connectivity index (χ4v) is 2.92. The Morgan fingerprint density at radius 1 is 1.45 bits per heavy atom. The number of benzene rings is 1. The van der Waals surface area contributed by atoms with Gasteiger partial charge < -0.3 is 5.73 Å². The number of fused-ring (bicyclic) bond motifs is 1. The van der Waals surface area contributed by atoms with E-state index in [4.69, 9.17) is 5.73 Å². The van der Waals surface area contributed by atoms with Crippen LogP contribution in [0.4, 0.5) is 18.9 Å². The molecule has 0 unspecified atom stereocenters. The molecular formula is C9H4F3N3O3S2. The van der Waals surface area contributed by atoms with Gasteiger partial charge in [0.1, 0.15) is 4.70 Å². The molecule has 0 aliphatic carbocycles. The van der Waals surface area contributed by atoms with Crippen LogP contribution in [-0.4, -0.2) is 21.3 Å². The van der Waals surface area contributed by atoms with Crippen molar-refractivity contribution in [1.29, 1.82) is 0 Å². The fourth-order valence-electron chi connectivity index (χ4n) is 1.42. The van der Waals surface area contributed by atoms with Gasteiger partial charge in [0, 0.05) is 11.0 Å². The molecule has 0 radical (unpaired) electrons. The zero-order chi connectivity index (χ0) is 15.1. The van der Waals surface area contributed by atoms with Gasteiger partial charge in [-0.1, -0.05) is 0 Å². The first kappa shape index (κ1) is 14.5. The molecule has 0 saturated carbocycles. The van der Waals surface area contributed by atoms with Crippen LogP contribution in [0.25, 0.3) is 10.2 Å². The van der Waals surface area contributed by atoms with E-state index in [0.29, 0.717) is 11.3 Å². The number of primary amides is 1. The zero-order valence-corrected chi connectivity index (χ0v) is 10.9. The van der Waals surface area contributed by atoms with Crippen molar-refractivity contribution in [2.24, 2.45) is 5.73 Å². The van der Waals surface area contributed by atoms with Gasteiger partial charge in [-0.2, -0.15) is 13.2 Å². The Morgan fingerprint density at radius 3 is 2.60 bits per heavy atom. The van der Waals surface area contributed by atoms with Crippen LogP contribution in [0.5, 0.6) is 0 Å². The lowest BCUT2D eigenvalue weighted by Gasteiger charge is -2.05. The number of thiazole rings is 1. The van der Waals surface area contributed by atoms with Gasteiger partial charge in [-0.3, -0.25) is 14.9 Å². The number of nitro benzene ring substituents is 1. The number of halogens is 3. The second kappa shape index (κ2) is 4.90. The maximum absolute atomic E-state index is 12.3. The molecule has 1 aromatic heterocycles. The molecule has 0 atom stereocenters. The number of non-ortho nitro benzene ring substituents is 1. The smallest absolute Gasteiger partial charge is 0.364 e. The number of amides is 1. The van der Waals surface area contributed by atoms with E-state index in [1.807, 2.05) is 0 Å². The summed E-state index contributed by atoms with van der Waals surface area (Å²) in [6, 6.07) is 1.83. The molecule has 0 spiro atoms. The molecule has 0 saturated heterocycles. The minimum atomic E-state index is -4.58. The van der Waals surface area contributed by atoms with Crippen LogP contribution in [0.15, 0.2) is 17.0 Å². The molecule has 11 heteroatoms. The number of nitrogens with zero attached hydrogens (tertiary/aromatic N) is 2. The van der Waals surface area contributed by atoms with Crippen molar-refractivity contribution in [2.45, 2.75) is 10.4 Å². The van der Waals surface area contributed by atoms with E-state index in [2.05, 4.69) is 4.98 Å². The molecule has 0 aliphatic rings. The van der Waals surface area contributed by atoms with Crippen LogP contribution in [0, 0.1) is 10.1 Å². The highest BCUT2D eigenvalue weighted by atomic mass is 32.2. The Bertz CT molecular complexity index is 714. The van der Waals surface area contributed by atoms with E-state index in [1.54, 1.807) is 0 Å². The molecule has 0 fully saturated rings. The first-order valence-electron chi connectivity index (χ1n) is 4.82. The average Bonchev–Trinajstić information content (AvgIpc) is 2.69. The minimum Gasteiger partial charge on any atom is -0.364 e. The zero-order valence-electron chi connectivity index (χ0n) is 9.30. The lowest BCUT2D eigenvalue weighted by atomic mass is 10.3. The molecule has 0 bridgehead atoms. The van der Waals surface area contributed by atoms with E-state index in [0.717, 1.165) is 12.1 Å². The highest BCUT2D eigenvalue weighted by Gasteiger charge is 2.31. The molecule has 1 aromatic carbocycles. The van der Waals surface area contributed by atoms with E-state index >= 15 is 0 Å². The third-order valence-corrected chi connectivity index (χ3v) is 3.90. The maximum atomic E-state index is 12.3. The Hall–Kier alpha value is -1.88. The largest absolute Gasteiger partial charge is 0.446 e. The van der Waals surface area contributed by atoms with Crippen molar-refractivity contribution in [1.82, 2.24) is 4.98 Å². The van der Waals surface area contributed by atoms with E-state index in [-0.39, 0.29) is 20.1 Å². The molecule has 0 aliphatic heterocycles. The molecule has 2 N–H and O–H groups in total. The van der Waals surface area contributed by atoms with Crippen LogP contribution in [0.3, 0.4) is 0 Å². The summed E-state index contributed by atoms with van der Waals surface area (Å²) >= 11 is 0.178. The van der Waals surface area contributed by atoms with E-state index < -0.39 is 33.8 Å². The Kier molecular flexibility index (Phi) is 3.56. The molecule has 2 rings (SSSR count). The highest BCUT2D eigenvalue weighted by Crippen LogP contribution is 2.41. The summed E-state index contributed by atoms with van der Waals surface area (Å²) in [6.45, 7) is 0. The van der Waals surface area contributed by atoms with Crippen molar-refractivity contribution in [3.63, 3.8) is 0 Å². The minimum absolute atomic E-state index is 0.00956. The van der Waals surface area contributed by atoms with Gasteiger partial charge in [-0.25, -0.2) is 4.98 Å². The molecule has 20 heavy (non-hydrogen) atoms. The number of aromatic nitrogens is 1. The summed E-state index contributed by atoms with van der Waals surface area (Å²) in [4.78, 5) is 24.4. The predicted octanol–water partition coefficient (Wildman–Crippen LogP) is 2.92. The number of nitro groups is 1. The van der Waals surface area contributed by atoms with Gasteiger partial charge in [0.15, 0.2) is 5.01 Å². The van der Waals surface area contributed by atoms with Crippen LogP contribution in [0.2, 0.25) is 0 Å². The second-order valence-corrected chi connectivity index (χ2v) is 5.62. The standard InChI is InChI=1S/C9H4F3N3O3S2/c10-9(11,12)20-3-1-4-6(5(2-3)15(17)18)19-8(14-4)7(13)16/h1-2H,(H2,13,16). The van der Waals surface area contributed by atoms with Crippen molar-refractivity contribution in [3.8, 4) is 0 Å². The summed E-state index contributed by atoms with van der Waals surface area (Å²) < 4.78 is 36.9. The van der Waals surface area contributed by atoms with Crippen LogP contribution in [-0.2, 0) is 0 Å². The number of hydrogen-bond acceptors (Lipinski definition) is 6. The first-order valence-corrected chi connectivity index (χ1v) is 6.45. The monoisotopic (exact) mass is 323 g/mol. The maximum Gasteiger partial charge on any atom is 0.446 e. The topological polar surface area (TPSA) is 99.1 Å². The number of carbonyl (C=O) groups is 1. The summed E-state index contributed by atoms with van der Waals surface area (Å²) in [5.41, 5.74) is -0.189. The van der Waals surface area contributed by atoms with Gasteiger partial charge in [-0.05, 0) is 17.8 Å².